The van der Waals surface area contributed by atoms with Crippen molar-refractivity contribution >= 4 is 46.4 Å². The van der Waals surface area contributed by atoms with Crippen LogP contribution in [0.2, 0.25) is 0 Å². The zero-order chi connectivity index (χ0) is 17.7. The Kier molecular flexibility index (Phi) is 8.13. The quantitative estimate of drug-likeness (QED) is 0.391. The molecule has 0 radical (unpaired) electrons. The highest BCUT2D eigenvalue weighted by atomic mass is 127. The van der Waals surface area contributed by atoms with Gasteiger partial charge in [0.1, 0.15) is 5.76 Å². The molecule has 0 atom stereocenters. The first-order valence-corrected chi connectivity index (χ1v) is 8.69. The van der Waals surface area contributed by atoms with E-state index in [1.54, 1.807) is 24.6 Å². The Bertz CT molecular complexity index is 689. The fourth-order valence-corrected chi connectivity index (χ4v) is 2.63. The van der Waals surface area contributed by atoms with Crippen LogP contribution in [-0.4, -0.2) is 37.1 Å². The highest BCUT2D eigenvalue weighted by Crippen LogP contribution is 2.22. The summed E-state index contributed by atoms with van der Waals surface area (Å²) in [5.74, 6) is 2.21. The van der Waals surface area contributed by atoms with Gasteiger partial charge < -0.3 is 20.0 Å². The molecular formula is C16H27IN6OS. The monoisotopic (exact) mass is 478 g/mol. The number of oxazole rings is 1. The third-order valence-corrected chi connectivity index (χ3v) is 4.34. The van der Waals surface area contributed by atoms with Crippen molar-refractivity contribution in [2.45, 2.75) is 39.3 Å². The minimum Gasteiger partial charge on any atom is -0.443 e. The highest BCUT2D eigenvalue weighted by molar-refractivity contribution is 14.0. The van der Waals surface area contributed by atoms with E-state index >= 15 is 0 Å². The number of thiazole rings is 1. The standard InChI is InChI=1S/C16H26N6OS.HI/c1-16(2,3)12-8-18-13(23-12)9-20-14(17-4)19-7-11-10-24-15(21-11)22(5)6;/h8,10H,7,9H2,1-6H3,(H2,17,19,20);1H. The predicted octanol–water partition coefficient (Wildman–Crippen LogP) is 2.98. The van der Waals surface area contributed by atoms with Gasteiger partial charge >= 0.3 is 0 Å². The molecule has 0 saturated heterocycles. The lowest BCUT2D eigenvalue weighted by Crippen LogP contribution is -2.36. The van der Waals surface area contributed by atoms with E-state index in [-0.39, 0.29) is 29.4 Å². The first kappa shape index (κ1) is 21.7. The minimum absolute atomic E-state index is 0. The summed E-state index contributed by atoms with van der Waals surface area (Å²) in [5, 5.41) is 9.47. The van der Waals surface area contributed by atoms with Crippen molar-refractivity contribution in [3.05, 3.63) is 28.9 Å². The van der Waals surface area contributed by atoms with E-state index in [0.717, 1.165) is 16.6 Å². The van der Waals surface area contributed by atoms with Gasteiger partial charge in [-0.1, -0.05) is 20.8 Å². The van der Waals surface area contributed by atoms with Crippen LogP contribution >= 0.6 is 35.3 Å². The second kappa shape index (κ2) is 9.37. The Labute approximate surface area is 170 Å². The molecule has 2 aromatic rings. The number of aromatic nitrogens is 2. The van der Waals surface area contributed by atoms with Crippen LogP contribution in [-0.2, 0) is 18.5 Å². The van der Waals surface area contributed by atoms with Gasteiger partial charge in [-0.3, -0.25) is 4.99 Å². The van der Waals surface area contributed by atoms with Crippen molar-refractivity contribution in [3.8, 4) is 0 Å². The van der Waals surface area contributed by atoms with Gasteiger partial charge in [0.05, 0.1) is 25.0 Å². The predicted molar refractivity (Wildman–Crippen MR) is 114 cm³/mol. The molecule has 0 fully saturated rings. The highest BCUT2D eigenvalue weighted by Gasteiger charge is 2.19. The van der Waals surface area contributed by atoms with Crippen molar-refractivity contribution < 1.29 is 4.42 Å². The zero-order valence-electron chi connectivity index (χ0n) is 15.6. The first-order chi connectivity index (χ1) is 11.3. The number of aliphatic imine (C=N–C) groups is 1. The van der Waals surface area contributed by atoms with E-state index in [2.05, 4.69) is 46.4 Å². The van der Waals surface area contributed by atoms with Crippen LogP contribution in [0.25, 0.3) is 0 Å². The van der Waals surface area contributed by atoms with Gasteiger partial charge in [0, 0.05) is 31.9 Å². The van der Waals surface area contributed by atoms with Gasteiger partial charge in [-0.15, -0.1) is 35.3 Å². The molecule has 0 aromatic carbocycles. The van der Waals surface area contributed by atoms with E-state index in [4.69, 9.17) is 4.42 Å². The SMILES string of the molecule is CN=C(NCc1csc(N(C)C)n1)NCc1ncc(C(C)(C)C)o1.I. The van der Waals surface area contributed by atoms with Gasteiger partial charge in [-0.25, -0.2) is 9.97 Å². The molecule has 0 spiro atoms. The van der Waals surface area contributed by atoms with E-state index in [0.29, 0.717) is 24.9 Å². The first-order valence-electron chi connectivity index (χ1n) is 7.81. The van der Waals surface area contributed by atoms with Crippen LogP contribution < -0.4 is 15.5 Å². The summed E-state index contributed by atoms with van der Waals surface area (Å²) in [4.78, 5) is 15.0. The number of nitrogens with zero attached hydrogens (tertiary/aromatic N) is 4. The molecule has 0 aliphatic heterocycles. The Hall–Kier alpha value is -1.36. The van der Waals surface area contributed by atoms with Gasteiger partial charge in [-0.2, -0.15) is 0 Å². The Morgan fingerprint density at radius 3 is 2.48 bits per heavy atom. The third kappa shape index (κ3) is 6.46. The molecule has 0 aliphatic carbocycles. The van der Waals surface area contributed by atoms with Gasteiger partial charge in [0.25, 0.3) is 0 Å². The molecule has 7 nitrogen and oxygen atoms in total. The number of rotatable bonds is 5. The molecular weight excluding hydrogens is 451 g/mol. The fourth-order valence-electron chi connectivity index (χ4n) is 1.88. The molecule has 25 heavy (non-hydrogen) atoms. The van der Waals surface area contributed by atoms with Crippen molar-refractivity contribution in [2.75, 3.05) is 26.0 Å². The number of halogens is 1. The van der Waals surface area contributed by atoms with Crippen LogP contribution in [0.4, 0.5) is 5.13 Å². The molecule has 0 amide bonds. The number of anilines is 1. The molecule has 2 aromatic heterocycles. The summed E-state index contributed by atoms with van der Waals surface area (Å²) < 4.78 is 5.76. The summed E-state index contributed by atoms with van der Waals surface area (Å²) in [6.07, 6.45) is 1.78. The molecule has 140 valence electrons. The van der Waals surface area contributed by atoms with E-state index in [1.807, 2.05) is 24.4 Å². The summed E-state index contributed by atoms with van der Waals surface area (Å²) in [7, 11) is 5.70. The topological polar surface area (TPSA) is 78.6 Å². The zero-order valence-corrected chi connectivity index (χ0v) is 18.7. The van der Waals surface area contributed by atoms with Crippen LogP contribution in [0.1, 0.15) is 38.1 Å². The number of hydrogen-bond donors (Lipinski definition) is 2. The molecule has 2 N–H and O–H groups in total. The lowest BCUT2D eigenvalue weighted by atomic mass is 9.94. The lowest BCUT2D eigenvalue weighted by Gasteiger charge is -2.13. The van der Waals surface area contributed by atoms with E-state index in [9.17, 15) is 0 Å². The maximum absolute atomic E-state index is 5.76. The summed E-state index contributed by atoms with van der Waals surface area (Å²) in [5.41, 5.74) is 0.942. The summed E-state index contributed by atoms with van der Waals surface area (Å²) in [6.45, 7) is 7.39. The average Bonchev–Trinajstić information content (AvgIpc) is 3.16. The molecule has 9 heteroatoms. The molecule has 0 bridgehead atoms. The van der Waals surface area contributed by atoms with E-state index in [1.165, 1.54) is 0 Å². The summed E-state index contributed by atoms with van der Waals surface area (Å²) >= 11 is 1.62. The van der Waals surface area contributed by atoms with Crippen molar-refractivity contribution in [1.29, 1.82) is 0 Å². The second-order valence-corrected chi connectivity index (χ2v) is 7.50. The molecule has 0 unspecified atom stereocenters. The number of nitrogens with one attached hydrogen (secondary N) is 2. The van der Waals surface area contributed by atoms with Crippen LogP contribution in [0, 0.1) is 0 Å². The maximum Gasteiger partial charge on any atom is 0.213 e. The lowest BCUT2D eigenvalue weighted by molar-refractivity contribution is 0.379. The molecule has 2 rings (SSSR count). The Morgan fingerprint density at radius 1 is 1.28 bits per heavy atom. The van der Waals surface area contributed by atoms with Crippen molar-refractivity contribution in [3.63, 3.8) is 0 Å². The second-order valence-electron chi connectivity index (χ2n) is 6.66. The van der Waals surface area contributed by atoms with Gasteiger partial charge in [0.15, 0.2) is 11.1 Å². The Balaban J connectivity index is 0.00000312. The molecule has 2 heterocycles. The third-order valence-electron chi connectivity index (χ3n) is 3.28. The van der Waals surface area contributed by atoms with Crippen LogP contribution in [0.5, 0.6) is 0 Å². The van der Waals surface area contributed by atoms with Crippen LogP contribution in [0.15, 0.2) is 21.0 Å². The van der Waals surface area contributed by atoms with Gasteiger partial charge in [0.2, 0.25) is 5.89 Å². The van der Waals surface area contributed by atoms with Crippen molar-refractivity contribution in [2.24, 2.45) is 4.99 Å². The van der Waals surface area contributed by atoms with Crippen LogP contribution in [0.3, 0.4) is 0 Å². The van der Waals surface area contributed by atoms with Gasteiger partial charge in [-0.05, 0) is 0 Å². The fraction of sp³-hybridized carbons (Fsp3) is 0.562. The molecule has 0 aliphatic rings. The summed E-state index contributed by atoms with van der Waals surface area (Å²) in [6, 6.07) is 0. The molecule has 0 saturated carbocycles. The normalized spacial score (nSPS) is 11.8. The average molecular weight is 478 g/mol. The maximum atomic E-state index is 5.76. The number of guanidine groups is 1. The van der Waals surface area contributed by atoms with E-state index < -0.39 is 0 Å². The smallest absolute Gasteiger partial charge is 0.213 e. The minimum atomic E-state index is -0.0417. The van der Waals surface area contributed by atoms with Crippen molar-refractivity contribution in [1.82, 2.24) is 20.6 Å². The number of hydrogen-bond acceptors (Lipinski definition) is 6. The largest absolute Gasteiger partial charge is 0.443 e. The Morgan fingerprint density at radius 2 is 1.96 bits per heavy atom.